The molecule has 0 radical (unpaired) electrons. The van der Waals surface area contributed by atoms with E-state index in [1.165, 1.54) is 12.3 Å². The fourth-order valence-corrected chi connectivity index (χ4v) is 0.270. The third-order valence-electron chi connectivity index (χ3n) is 0.506. The number of hydrogen-bond acceptors (Lipinski definition) is 2. The number of hydrogen-bond donors (Lipinski definition) is 1. The molecule has 0 aliphatic heterocycles. The molecule has 0 aliphatic carbocycles. The third-order valence-corrected chi connectivity index (χ3v) is 0.506. The second kappa shape index (κ2) is 2.79. The van der Waals surface area contributed by atoms with Crippen LogP contribution in [-0.2, 0) is 0 Å². The molecule has 0 fully saturated rings. The van der Waals surface area contributed by atoms with Gasteiger partial charge >= 0.3 is 18.9 Å². The number of aromatic hydroxyl groups is 1. The monoisotopic (exact) mass is 92.0 g/mol. The van der Waals surface area contributed by atoms with Gasteiger partial charge in [-0.2, -0.15) is 0 Å². The van der Waals surface area contributed by atoms with Crippen LogP contribution in [0.5, 0.6) is 5.95 Å². The Balaban J connectivity index is 0.000000360. The van der Waals surface area contributed by atoms with E-state index in [1.807, 2.05) is 0 Å². The number of rotatable bonds is 0. The predicted molar refractivity (Wildman–Crippen MR) is 27.5 cm³/mol. The molecule has 34 valence electrons. The third kappa shape index (κ3) is 1.72. The molecule has 0 amide bonds. The molecule has 0 saturated heterocycles. The molecule has 2 nitrogen and oxygen atoms in total. The molecule has 0 unspecified atom stereocenters. The molecule has 0 spiro atoms. The second-order valence-electron chi connectivity index (χ2n) is 0.951. The minimum absolute atomic E-state index is 0. The van der Waals surface area contributed by atoms with Gasteiger partial charge in [-0.3, -0.25) is 0 Å². The maximum atomic E-state index is 8.31. The van der Waals surface area contributed by atoms with Gasteiger partial charge in [-0.1, -0.05) is 0 Å². The Morgan fingerprint density at radius 1 is 1.57 bits per heavy atom. The fourth-order valence-electron chi connectivity index (χ4n) is 0.270. The van der Waals surface area contributed by atoms with Gasteiger partial charge in [-0.15, -0.1) is 0 Å². The molecule has 1 aromatic heterocycles. The van der Waals surface area contributed by atoms with Crippen LogP contribution >= 0.6 is 0 Å². The summed E-state index contributed by atoms with van der Waals surface area (Å²) in [5.74, 6) is -0.0324. The van der Waals surface area contributed by atoms with Crippen LogP contribution in [0.4, 0.5) is 0 Å². The van der Waals surface area contributed by atoms with Crippen molar-refractivity contribution in [1.82, 2.24) is 0 Å². The molecule has 1 N–H and O–H groups in total. The molecule has 7 heavy (non-hydrogen) atoms. The first kappa shape index (κ1) is 6.68. The summed E-state index contributed by atoms with van der Waals surface area (Å²) < 4.78 is 4.39. The van der Waals surface area contributed by atoms with E-state index in [-0.39, 0.29) is 24.8 Å². The Hall–Kier alpha value is -0.323. The summed E-state index contributed by atoms with van der Waals surface area (Å²) in [5, 5.41) is 8.31. The van der Waals surface area contributed by atoms with Crippen molar-refractivity contribution < 1.29 is 9.52 Å². The summed E-state index contributed by atoms with van der Waals surface area (Å²) in [6, 6.07) is 3.09. The van der Waals surface area contributed by atoms with Gasteiger partial charge < -0.3 is 9.52 Å². The fraction of sp³-hybridized carbons (Fsp3) is 0. The Morgan fingerprint density at radius 2 is 2.29 bits per heavy atom. The van der Waals surface area contributed by atoms with E-state index in [9.17, 15) is 0 Å². The minimum atomic E-state index is -0.0324. The molecule has 0 aliphatic rings. The number of furan rings is 1. The van der Waals surface area contributed by atoms with E-state index >= 15 is 0 Å². The standard InChI is InChI=1S/C4H4O2.Li.H/c5-4-2-1-3-6-4;;/h1-3,5H;;. The summed E-state index contributed by atoms with van der Waals surface area (Å²) in [6.07, 6.45) is 1.41. The van der Waals surface area contributed by atoms with Crippen molar-refractivity contribution in [3.63, 3.8) is 0 Å². The first-order chi connectivity index (χ1) is 2.89. The molecule has 1 rings (SSSR count). The Kier molecular flexibility index (Phi) is 2.66. The quantitative estimate of drug-likeness (QED) is 0.468. The first-order valence-electron chi connectivity index (χ1n) is 1.62. The predicted octanol–water partition coefficient (Wildman–Crippen LogP) is 0.337. The topological polar surface area (TPSA) is 33.4 Å². The van der Waals surface area contributed by atoms with Crippen LogP contribution in [0.3, 0.4) is 0 Å². The van der Waals surface area contributed by atoms with Crippen LogP contribution in [0.25, 0.3) is 0 Å². The summed E-state index contributed by atoms with van der Waals surface area (Å²) >= 11 is 0. The van der Waals surface area contributed by atoms with Crippen molar-refractivity contribution >= 4 is 18.9 Å². The molecule has 0 bridgehead atoms. The second-order valence-corrected chi connectivity index (χ2v) is 0.951. The summed E-state index contributed by atoms with van der Waals surface area (Å²) in [4.78, 5) is 0. The molecule has 0 atom stereocenters. The first-order valence-corrected chi connectivity index (χ1v) is 1.62. The molecular formula is C4H5LiO2. The molecule has 3 heteroatoms. The zero-order chi connectivity index (χ0) is 4.41. The van der Waals surface area contributed by atoms with E-state index in [0.717, 1.165) is 0 Å². The van der Waals surface area contributed by atoms with Gasteiger partial charge in [0.15, 0.2) is 0 Å². The van der Waals surface area contributed by atoms with Crippen molar-refractivity contribution in [1.29, 1.82) is 0 Å². The van der Waals surface area contributed by atoms with Crippen molar-refractivity contribution in [3.05, 3.63) is 18.4 Å². The van der Waals surface area contributed by atoms with Crippen LogP contribution in [0, 0.1) is 0 Å². The summed E-state index contributed by atoms with van der Waals surface area (Å²) in [7, 11) is 0. The van der Waals surface area contributed by atoms with Gasteiger partial charge in [0.25, 0.3) is 5.95 Å². The van der Waals surface area contributed by atoms with Crippen LogP contribution in [0.2, 0.25) is 0 Å². The SMILES string of the molecule is Oc1ccco1.[LiH]. The van der Waals surface area contributed by atoms with Gasteiger partial charge in [-0.25, -0.2) is 0 Å². The zero-order valence-corrected chi connectivity index (χ0v) is 3.09. The Morgan fingerprint density at radius 3 is 2.43 bits per heavy atom. The van der Waals surface area contributed by atoms with Gasteiger partial charge in [-0.05, 0) is 6.07 Å². The summed E-state index contributed by atoms with van der Waals surface area (Å²) in [6.45, 7) is 0. The molecule has 0 saturated carbocycles. The van der Waals surface area contributed by atoms with E-state index in [2.05, 4.69) is 4.42 Å². The van der Waals surface area contributed by atoms with Gasteiger partial charge in [0.2, 0.25) is 0 Å². The average molecular weight is 92.0 g/mol. The summed E-state index contributed by atoms with van der Waals surface area (Å²) in [5.41, 5.74) is 0. The Labute approximate surface area is 53.3 Å². The van der Waals surface area contributed by atoms with E-state index in [1.54, 1.807) is 6.07 Å². The van der Waals surface area contributed by atoms with Crippen molar-refractivity contribution in [3.8, 4) is 5.95 Å². The van der Waals surface area contributed by atoms with Crippen molar-refractivity contribution in [2.45, 2.75) is 0 Å². The van der Waals surface area contributed by atoms with Crippen molar-refractivity contribution in [2.75, 3.05) is 0 Å². The molecule has 1 heterocycles. The van der Waals surface area contributed by atoms with E-state index < -0.39 is 0 Å². The van der Waals surface area contributed by atoms with Gasteiger partial charge in [0.05, 0.1) is 6.26 Å². The van der Waals surface area contributed by atoms with Crippen LogP contribution in [0.1, 0.15) is 0 Å². The van der Waals surface area contributed by atoms with E-state index in [0.29, 0.717) is 0 Å². The van der Waals surface area contributed by atoms with Crippen LogP contribution < -0.4 is 0 Å². The van der Waals surface area contributed by atoms with Crippen LogP contribution in [-0.4, -0.2) is 24.0 Å². The Bertz CT molecular complexity index is 113. The maximum absolute atomic E-state index is 8.31. The molecule has 0 aromatic carbocycles. The average Bonchev–Trinajstić information content (AvgIpc) is 1.86. The molecule has 1 aromatic rings. The normalized spacial score (nSPS) is 7.43. The van der Waals surface area contributed by atoms with Gasteiger partial charge in [0.1, 0.15) is 0 Å². The van der Waals surface area contributed by atoms with Gasteiger partial charge in [0, 0.05) is 6.07 Å². The van der Waals surface area contributed by atoms with Crippen molar-refractivity contribution in [2.24, 2.45) is 0 Å². The molecular weight excluding hydrogens is 87.0 g/mol. The van der Waals surface area contributed by atoms with E-state index in [4.69, 9.17) is 5.11 Å². The van der Waals surface area contributed by atoms with Crippen LogP contribution in [0.15, 0.2) is 22.8 Å². The zero-order valence-electron chi connectivity index (χ0n) is 3.09.